The van der Waals surface area contributed by atoms with Gasteiger partial charge in [0.05, 0.1) is 6.04 Å². The van der Waals surface area contributed by atoms with E-state index >= 15 is 0 Å². The van der Waals surface area contributed by atoms with E-state index in [0.717, 1.165) is 12.2 Å². The summed E-state index contributed by atoms with van der Waals surface area (Å²) in [4.78, 5) is 14.2. The first-order valence-corrected chi connectivity index (χ1v) is 8.94. The van der Waals surface area contributed by atoms with Crippen LogP contribution in [0.1, 0.15) is 11.6 Å². The van der Waals surface area contributed by atoms with E-state index < -0.39 is 0 Å². The lowest BCUT2D eigenvalue weighted by atomic mass is 9.99. The number of amides is 1. The van der Waals surface area contributed by atoms with Crippen LogP contribution in [-0.4, -0.2) is 66.6 Å². The minimum atomic E-state index is -0.364. The van der Waals surface area contributed by atoms with Crippen LogP contribution in [0.15, 0.2) is 36.5 Å². The fourth-order valence-electron chi connectivity index (χ4n) is 3.49. The molecule has 1 aliphatic rings. The number of carbonyl (C=O) groups is 1. The second kappa shape index (κ2) is 8.96. The maximum Gasteiger partial charge on any atom is 0.246 e. The zero-order valence-electron chi connectivity index (χ0n) is 15.6. The number of halogens is 1. The molecule has 146 valence electrons. The highest BCUT2D eigenvalue weighted by Crippen LogP contribution is 2.27. The predicted octanol–water partition coefficient (Wildman–Crippen LogP) is 1.17. The van der Waals surface area contributed by atoms with E-state index in [1.165, 1.54) is 13.2 Å². The predicted molar refractivity (Wildman–Crippen MR) is 98.1 cm³/mol. The van der Waals surface area contributed by atoms with Gasteiger partial charge in [-0.2, -0.15) is 5.10 Å². The Morgan fingerprint density at radius 3 is 2.85 bits per heavy atom. The molecule has 1 aromatic carbocycles. The number of rotatable bonds is 8. The number of aromatic nitrogens is 2. The SMILES string of the molecule is COCC(=O)N[C@@H]1CN(CCOc2ccccc2F)C[C@H]1c1ccnn1C. The van der Waals surface area contributed by atoms with Crippen molar-refractivity contribution in [3.63, 3.8) is 0 Å². The van der Waals surface area contributed by atoms with Crippen molar-refractivity contribution in [1.29, 1.82) is 0 Å². The third-order valence-electron chi connectivity index (χ3n) is 4.76. The first-order valence-electron chi connectivity index (χ1n) is 8.94. The van der Waals surface area contributed by atoms with E-state index in [1.54, 1.807) is 24.4 Å². The number of hydrogen-bond acceptors (Lipinski definition) is 5. The van der Waals surface area contributed by atoms with Gasteiger partial charge in [0.1, 0.15) is 13.2 Å². The first-order chi connectivity index (χ1) is 13.1. The summed E-state index contributed by atoms with van der Waals surface area (Å²) in [5, 5.41) is 7.29. The molecule has 0 aliphatic carbocycles. The third-order valence-corrected chi connectivity index (χ3v) is 4.76. The molecule has 0 radical (unpaired) electrons. The summed E-state index contributed by atoms with van der Waals surface area (Å²) in [6.07, 6.45) is 1.76. The van der Waals surface area contributed by atoms with E-state index in [4.69, 9.17) is 9.47 Å². The molecule has 2 heterocycles. The number of nitrogens with zero attached hydrogens (tertiary/aromatic N) is 3. The molecular weight excluding hydrogens is 351 g/mol. The Kier molecular flexibility index (Phi) is 6.41. The molecule has 7 nitrogen and oxygen atoms in total. The highest BCUT2D eigenvalue weighted by atomic mass is 19.1. The van der Waals surface area contributed by atoms with Crippen LogP contribution in [0.3, 0.4) is 0 Å². The summed E-state index contributed by atoms with van der Waals surface area (Å²) in [7, 11) is 3.40. The van der Waals surface area contributed by atoms with Crippen LogP contribution >= 0.6 is 0 Å². The number of nitrogens with one attached hydrogen (secondary N) is 1. The second-order valence-electron chi connectivity index (χ2n) is 6.63. The average molecular weight is 376 g/mol. The molecule has 1 aliphatic heterocycles. The quantitative estimate of drug-likeness (QED) is 0.749. The Morgan fingerprint density at radius 1 is 1.33 bits per heavy atom. The summed E-state index contributed by atoms with van der Waals surface area (Å²) in [5.74, 6) is -0.132. The van der Waals surface area contributed by atoms with Crippen molar-refractivity contribution in [2.45, 2.75) is 12.0 Å². The first kappa shape index (κ1) is 19.3. The Labute approximate surface area is 158 Å². The number of ether oxygens (including phenoxy) is 2. The van der Waals surface area contributed by atoms with E-state index in [2.05, 4.69) is 15.3 Å². The molecule has 1 fully saturated rings. The van der Waals surface area contributed by atoms with Crippen LogP contribution in [0, 0.1) is 5.82 Å². The summed E-state index contributed by atoms with van der Waals surface area (Å²) in [6, 6.07) is 8.30. The maximum absolute atomic E-state index is 13.7. The molecule has 0 unspecified atom stereocenters. The van der Waals surface area contributed by atoms with Gasteiger partial charge in [-0.1, -0.05) is 12.1 Å². The second-order valence-corrected chi connectivity index (χ2v) is 6.63. The van der Waals surface area contributed by atoms with E-state index in [9.17, 15) is 9.18 Å². The smallest absolute Gasteiger partial charge is 0.246 e. The fraction of sp³-hybridized carbons (Fsp3) is 0.474. The van der Waals surface area contributed by atoms with Crippen LogP contribution in [0.25, 0.3) is 0 Å². The standard InChI is InChI=1S/C19H25FN4O3/c1-23-17(7-8-21-23)14-11-24(12-16(14)22-19(25)13-26-2)9-10-27-18-6-4-3-5-15(18)20/h3-8,14,16H,9-13H2,1-2H3,(H,22,25)/t14-,16-/m1/s1. The van der Waals surface area contributed by atoms with Crippen molar-refractivity contribution in [3.8, 4) is 5.75 Å². The normalized spacial score (nSPS) is 20.0. The van der Waals surface area contributed by atoms with E-state index in [-0.39, 0.29) is 36.0 Å². The zero-order chi connectivity index (χ0) is 19.2. The molecule has 0 bridgehead atoms. The monoisotopic (exact) mass is 376 g/mol. The van der Waals surface area contributed by atoms with Gasteiger partial charge in [0.25, 0.3) is 0 Å². The van der Waals surface area contributed by atoms with Crippen LogP contribution in [0.2, 0.25) is 0 Å². The molecule has 27 heavy (non-hydrogen) atoms. The molecule has 8 heteroatoms. The van der Waals surface area contributed by atoms with Gasteiger partial charge in [0.15, 0.2) is 11.6 Å². The highest BCUT2D eigenvalue weighted by Gasteiger charge is 2.36. The summed E-state index contributed by atoms with van der Waals surface area (Å²) in [6.45, 7) is 2.49. The van der Waals surface area contributed by atoms with Crippen molar-refractivity contribution < 1.29 is 18.7 Å². The molecule has 1 N–H and O–H groups in total. The number of hydrogen-bond donors (Lipinski definition) is 1. The van der Waals surface area contributed by atoms with Crippen LogP contribution in [0.4, 0.5) is 4.39 Å². The van der Waals surface area contributed by atoms with Gasteiger partial charge in [0, 0.05) is 51.6 Å². The molecule has 1 aromatic heterocycles. The van der Waals surface area contributed by atoms with Crippen molar-refractivity contribution >= 4 is 5.91 Å². The maximum atomic E-state index is 13.7. The Morgan fingerprint density at radius 2 is 2.15 bits per heavy atom. The molecule has 3 rings (SSSR count). The van der Waals surface area contributed by atoms with Gasteiger partial charge in [-0.15, -0.1) is 0 Å². The molecule has 0 saturated carbocycles. The molecular formula is C19H25FN4O3. The van der Waals surface area contributed by atoms with Gasteiger partial charge >= 0.3 is 0 Å². The van der Waals surface area contributed by atoms with Crippen LogP contribution in [-0.2, 0) is 16.6 Å². The van der Waals surface area contributed by atoms with Crippen LogP contribution < -0.4 is 10.1 Å². The lowest BCUT2D eigenvalue weighted by molar-refractivity contribution is -0.125. The summed E-state index contributed by atoms with van der Waals surface area (Å²) >= 11 is 0. The Hall–Kier alpha value is -2.45. The number of likely N-dealkylation sites (tertiary alicyclic amines) is 1. The lowest BCUT2D eigenvalue weighted by Crippen LogP contribution is -2.42. The minimum Gasteiger partial charge on any atom is -0.489 e. The zero-order valence-corrected chi connectivity index (χ0v) is 15.6. The molecule has 0 spiro atoms. The fourth-order valence-corrected chi connectivity index (χ4v) is 3.49. The van der Waals surface area contributed by atoms with Gasteiger partial charge in [0.2, 0.25) is 5.91 Å². The van der Waals surface area contributed by atoms with Gasteiger partial charge in [-0.3, -0.25) is 14.4 Å². The van der Waals surface area contributed by atoms with Crippen molar-refractivity contribution in [3.05, 3.63) is 48.0 Å². The van der Waals surface area contributed by atoms with Gasteiger partial charge < -0.3 is 14.8 Å². The van der Waals surface area contributed by atoms with Gasteiger partial charge in [-0.05, 0) is 18.2 Å². The number of aryl methyl sites for hydroxylation is 1. The number of carbonyl (C=O) groups excluding carboxylic acids is 1. The van der Waals surface area contributed by atoms with Crippen molar-refractivity contribution in [2.24, 2.45) is 7.05 Å². The Balaban J connectivity index is 1.61. The van der Waals surface area contributed by atoms with Crippen LogP contribution in [0.5, 0.6) is 5.75 Å². The van der Waals surface area contributed by atoms with E-state index in [1.807, 2.05) is 17.8 Å². The summed E-state index contributed by atoms with van der Waals surface area (Å²) < 4.78 is 26.0. The Bertz CT molecular complexity index is 767. The third kappa shape index (κ3) is 4.84. The van der Waals surface area contributed by atoms with E-state index in [0.29, 0.717) is 19.7 Å². The molecule has 2 aromatic rings. The number of para-hydroxylation sites is 1. The topological polar surface area (TPSA) is 68.6 Å². The summed E-state index contributed by atoms with van der Waals surface area (Å²) in [5.41, 5.74) is 1.07. The molecule has 1 saturated heterocycles. The average Bonchev–Trinajstić information content (AvgIpc) is 3.22. The number of benzene rings is 1. The molecule has 2 atom stereocenters. The highest BCUT2D eigenvalue weighted by molar-refractivity contribution is 5.77. The largest absolute Gasteiger partial charge is 0.489 e. The molecule has 1 amide bonds. The van der Waals surface area contributed by atoms with Crippen molar-refractivity contribution in [1.82, 2.24) is 20.0 Å². The van der Waals surface area contributed by atoms with Gasteiger partial charge in [-0.25, -0.2) is 4.39 Å². The number of methoxy groups -OCH3 is 1. The lowest BCUT2D eigenvalue weighted by Gasteiger charge is -2.20. The minimum absolute atomic E-state index is 0.0327. The van der Waals surface area contributed by atoms with Crippen molar-refractivity contribution in [2.75, 3.05) is 40.0 Å².